The van der Waals surface area contributed by atoms with Crippen LogP contribution in [0.5, 0.6) is 0 Å². The van der Waals surface area contributed by atoms with E-state index in [4.69, 9.17) is 5.11 Å². The Morgan fingerprint density at radius 1 is 1.29 bits per heavy atom. The number of thioether (sulfide) groups is 1. The van der Waals surface area contributed by atoms with E-state index in [9.17, 15) is 22.8 Å². The lowest BCUT2D eigenvalue weighted by Crippen LogP contribution is -2.17. The number of carbonyl (C=O) groups is 2. The van der Waals surface area contributed by atoms with Gasteiger partial charge in [-0.25, -0.2) is 0 Å². The van der Waals surface area contributed by atoms with Gasteiger partial charge in [-0.3, -0.25) is 9.59 Å². The predicted molar refractivity (Wildman–Crippen MR) is 71.1 cm³/mol. The second-order valence-corrected chi connectivity index (χ2v) is 5.69. The number of para-hydroxylation sites is 1. The molecule has 1 amide bonds. The van der Waals surface area contributed by atoms with E-state index >= 15 is 0 Å². The van der Waals surface area contributed by atoms with Gasteiger partial charge in [0.2, 0.25) is 5.91 Å². The summed E-state index contributed by atoms with van der Waals surface area (Å²) in [6, 6.07) is 6.14. The van der Waals surface area contributed by atoms with Crippen molar-refractivity contribution >= 4 is 29.3 Å². The van der Waals surface area contributed by atoms with Crippen molar-refractivity contribution < 1.29 is 27.9 Å². The summed E-state index contributed by atoms with van der Waals surface area (Å²) in [5.74, 6) is -3.86. The van der Waals surface area contributed by atoms with Crippen LogP contribution in [0.1, 0.15) is 6.42 Å². The monoisotopic (exact) mass is 319 g/mol. The number of carboxylic acid groups (broad SMARTS) is 1. The molecule has 0 unspecified atom stereocenters. The van der Waals surface area contributed by atoms with Gasteiger partial charge < -0.3 is 10.4 Å². The average molecular weight is 319 g/mol. The maximum absolute atomic E-state index is 12.2. The minimum atomic E-state index is -4.30. The highest BCUT2D eigenvalue weighted by Crippen LogP contribution is 2.40. The van der Waals surface area contributed by atoms with Crippen LogP contribution in [-0.4, -0.2) is 28.9 Å². The summed E-state index contributed by atoms with van der Waals surface area (Å²) in [4.78, 5) is 22.8. The molecule has 1 aliphatic rings. The molecule has 0 bridgehead atoms. The number of benzene rings is 1. The second-order valence-electron chi connectivity index (χ2n) is 4.68. The molecular formula is C13H12F3NO3S. The van der Waals surface area contributed by atoms with Gasteiger partial charge in [-0.1, -0.05) is 12.1 Å². The summed E-state index contributed by atoms with van der Waals surface area (Å²) in [5.41, 5.74) is 0.271. The molecule has 0 saturated heterocycles. The number of amides is 1. The summed E-state index contributed by atoms with van der Waals surface area (Å²) in [6.07, 6.45) is -4.04. The zero-order chi connectivity index (χ0) is 15.6. The van der Waals surface area contributed by atoms with Gasteiger partial charge in [0.15, 0.2) is 0 Å². The fourth-order valence-corrected chi connectivity index (χ4v) is 2.61. The highest BCUT2D eigenvalue weighted by Gasteiger charge is 2.48. The maximum atomic E-state index is 12.2. The standard InChI is InChI=1S/C13H12F3NO3S/c14-13(15,16)6-21-10-4-2-1-3-9(10)17-11(18)7-5-8(7)12(19)20/h1-4,7-8H,5-6H2,(H,17,18)(H,19,20)/t7-,8+/m1/s1. The normalized spacial score (nSPS) is 20.9. The first-order valence-electron chi connectivity index (χ1n) is 6.10. The quantitative estimate of drug-likeness (QED) is 0.819. The van der Waals surface area contributed by atoms with E-state index in [0.29, 0.717) is 16.7 Å². The fourth-order valence-electron chi connectivity index (χ4n) is 1.84. The topological polar surface area (TPSA) is 66.4 Å². The Bertz CT molecular complexity index is 562. The minimum Gasteiger partial charge on any atom is -0.481 e. The van der Waals surface area contributed by atoms with Gasteiger partial charge in [0, 0.05) is 4.90 Å². The third-order valence-electron chi connectivity index (χ3n) is 2.98. The van der Waals surface area contributed by atoms with E-state index in [1.807, 2.05) is 0 Å². The molecule has 0 spiro atoms. The number of carbonyl (C=O) groups excluding carboxylic acids is 1. The number of alkyl halides is 3. The van der Waals surface area contributed by atoms with E-state index in [1.165, 1.54) is 12.1 Å². The smallest absolute Gasteiger partial charge is 0.398 e. The maximum Gasteiger partial charge on any atom is 0.398 e. The predicted octanol–water partition coefficient (Wildman–Crippen LogP) is 3.00. The molecule has 0 aliphatic heterocycles. The number of halogens is 3. The fraction of sp³-hybridized carbons (Fsp3) is 0.385. The molecule has 1 fully saturated rings. The number of hydrogen-bond acceptors (Lipinski definition) is 3. The van der Waals surface area contributed by atoms with E-state index in [0.717, 1.165) is 0 Å². The van der Waals surface area contributed by atoms with Crippen LogP contribution in [0.15, 0.2) is 29.2 Å². The first kappa shape index (κ1) is 15.7. The Morgan fingerprint density at radius 3 is 2.52 bits per heavy atom. The van der Waals surface area contributed by atoms with Crippen molar-refractivity contribution in [1.29, 1.82) is 0 Å². The van der Waals surface area contributed by atoms with Crippen LogP contribution in [0.3, 0.4) is 0 Å². The Balaban J connectivity index is 2.00. The van der Waals surface area contributed by atoms with E-state index < -0.39 is 35.6 Å². The van der Waals surface area contributed by atoms with E-state index in [-0.39, 0.29) is 12.1 Å². The molecule has 8 heteroatoms. The molecular weight excluding hydrogens is 307 g/mol. The summed E-state index contributed by atoms with van der Waals surface area (Å²) in [6.45, 7) is 0. The highest BCUT2D eigenvalue weighted by molar-refractivity contribution is 7.99. The van der Waals surface area contributed by atoms with Crippen molar-refractivity contribution in [1.82, 2.24) is 0 Å². The summed E-state index contributed by atoms with van der Waals surface area (Å²) >= 11 is 0.579. The van der Waals surface area contributed by atoms with Crippen LogP contribution in [0.2, 0.25) is 0 Å². The van der Waals surface area contributed by atoms with Crippen LogP contribution < -0.4 is 5.32 Å². The van der Waals surface area contributed by atoms with Crippen molar-refractivity contribution in [3.05, 3.63) is 24.3 Å². The van der Waals surface area contributed by atoms with Gasteiger partial charge in [0.05, 0.1) is 23.3 Å². The first-order chi connectivity index (χ1) is 9.78. The Hall–Kier alpha value is -1.70. The van der Waals surface area contributed by atoms with E-state index in [1.54, 1.807) is 12.1 Å². The molecule has 0 heterocycles. The molecule has 2 atom stereocenters. The number of carboxylic acids is 1. The van der Waals surface area contributed by atoms with Gasteiger partial charge >= 0.3 is 12.1 Å². The van der Waals surface area contributed by atoms with E-state index in [2.05, 4.69) is 5.32 Å². The number of anilines is 1. The van der Waals surface area contributed by atoms with Crippen molar-refractivity contribution in [3.63, 3.8) is 0 Å². The minimum absolute atomic E-state index is 0.263. The molecule has 4 nitrogen and oxygen atoms in total. The van der Waals surface area contributed by atoms with Crippen LogP contribution in [0.25, 0.3) is 0 Å². The molecule has 1 aromatic rings. The number of rotatable bonds is 5. The lowest BCUT2D eigenvalue weighted by molar-refractivity contribution is -0.139. The lowest BCUT2D eigenvalue weighted by atomic mass is 10.2. The zero-order valence-electron chi connectivity index (χ0n) is 10.7. The Labute approximate surface area is 122 Å². The number of nitrogens with one attached hydrogen (secondary N) is 1. The first-order valence-corrected chi connectivity index (χ1v) is 7.09. The molecule has 2 N–H and O–H groups in total. The van der Waals surface area contributed by atoms with Crippen LogP contribution in [0.4, 0.5) is 18.9 Å². The molecule has 2 rings (SSSR count). The summed E-state index contributed by atoms with van der Waals surface area (Å²) in [7, 11) is 0. The zero-order valence-corrected chi connectivity index (χ0v) is 11.5. The third-order valence-corrected chi connectivity index (χ3v) is 4.12. The van der Waals surface area contributed by atoms with Crippen LogP contribution in [0, 0.1) is 11.8 Å². The van der Waals surface area contributed by atoms with Gasteiger partial charge in [-0.05, 0) is 18.6 Å². The molecule has 21 heavy (non-hydrogen) atoms. The summed E-state index contributed by atoms with van der Waals surface area (Å²) < 4.78 is 36.7. The number of aliphatic carboxylic acids is 1. The second kappa shape index (κ2) is 5.97. The molecule has 114 valence electrons. The van der Waals surface area contributed by atoms with Crippen LogP contribution >= 0.6 is 11.8 Å². The summed E-state index contributed by atoms with van der Waals surface area (Å²) in [5, 5.41) is 11.3. The SMILES string of the molecule is O=C(O)[C@H]1C[C@H]1C(=O)Nc1ccccc1SCC(F)(F)F. The van der Waals surface area contributed by atoms with Crippen molar-refractivity contribution in [2.75, 3.05) is 11.1 Å². The van der Waals surface area contributed by atoms with Gasteiger partial charge in [-0.2, -0.15) is 13.2 Å². The van der Waals surface area contributed by atoms with Crippen LogP contribution in [-0.2, 0) is 9.59 Å². The Kier molecular flexibility index (Phi) is 4.46. The molecule has 1 aromatic carbocycles. The van der Waals surface area contributed by atoms with Gasteiger partial charge in [0.1, 0.15) is 0 Å². The van der Waals surface area contributed by atoms with Gasteiger partial charge in [0.25, 0.3) is 0 Å². The molecule has 0 aromatic heterocycles. The van der Waals surface area contributed by atoms with Crippen molar-refractivity contribution in [2.45, 2.75) is 17.5 Å². The van der Waals surface area contributed by atoms with Crippen molar-refractivity contribution in [2.24, 2.45) is 11.8 Å². The third kappa shape index (κ3) is 4.38. The Morgan fingerprint density at radius 2 is 1.95 bits per heavy atom. The number of hydrogen-bond donors (Lipinski definition) is 2. The van der Waals surface area contributed by atoms with Gasteiger partial charge in [-0.15, -0.1) is 11.8 Å². The highest BCUT2D eigenvalue weighted by atomic mass is 32.2. The molecule has 1 aliphatic carbocycles. The molecule has 1 saturated carbocycles. The average Bonchev–Trinajstić information content (AvgIpc) is 3.17. The lowest BCUT2D eigenvalue weighted by Gasteiger charge is -2.11. The molecule has 0 radical (unpaired) electrons. The largest absolute Gasteiger partial charge is 0.481 e. The van der Waals surface area contributed by atoms with Crippen molar-refractivity contribution in [3.8, 4) is 0 Å².